The fourth-order valence-electron chi connectivity index (χ4n) is 2.49. The molecule has 0 aliphatic heterocycles. The van der Waals surface area contributed by atoms with E-state index in [2.05, 4.69) is 9.97 Å². The van der Waals surface area contributed by atoms with Crippen LogP contribution in [0.15, 0.2) is 59.1 Å². The highest BCUT2D eigenvalue weighted by Crippen LogP contribution is 2.31. The zero-order chi connectivity index (χ0) is 15.1. The highest BCUT2D eigenvalue weighted by Gasteiger charge is 2.18. The average Bonchev–Trinajstić information content (AvgIpc) is 3.11. The molecule has 3 aromatic heterocycles. The predicted molar refractivity (Wildman–Crippen MR) is 86.3 cm³/mol. The van der Waals surface area contributed by atoms with Gasteiger partial charge in [-0.1, -0.05) is 23.7 Å². The minimum absolute atomic E-state index is 0.636. The first-order chi connectivity index (χ1) is 10.7. The Labute approximate surface area is 132 Å². The lowest BCUT2D eigenvalue weighted by Gasteiger charge is -2.09. The van der Waals surface area contributed by atoms with Crippen molar-refractivity contribution < 1.29 is 4.42 Å². The molecular formula is C17H12ClN3O. The molecule has 4 rings (SSSR count). The van der Waals surface area contributed by atoms with Crippen molar-refractivity contribution in [2.24, 2.45) is 0 Å². The lowest BCUT2D eigenvalue weighted by molar-refractivity contribution is 0.543. The molecule has 4 aromatic rings. The molecule has 108 valence electrons. The topological polar surface area (TPSA) is 43.9 Å². The number of hydrogen-bond acceptors (Lipinski definition) is 3. The molecule has 3 heterocycles. The Kier molecular flexibility index (Phi) is 2.98. The van der Waals surface area contributed by atoms with Gasteiger partial charge >= 0.3 is 0 Å². The Morgan fingerprint density at radius 3 is 2.68 bits per heavy atom. The molecule has 0 bridgehead atoms. The van der Waals surface area contributed by atoms with Crippen LogP contribution in [0.4, 0.5) is 0 Å². The maximum Gasteiger partial charge on any atom is 0.183 e. The Morgan fingerprint density at radius 2 is 1.91 bits per heavy atom. The number of para-hydroxylation sites is 1. The van der Waals surface area contributed by atoms with E-state index in [9.17, 15) is 0 Å². The van der Waals surface area contributed by atoms with Crippen molar-refractivity contribution in [3.63, 3.8) is 0 Å². The van der Waals surface area contributed by atoms with Crippen LogP contribution in [-0.2, 0) is 0 Å². The number of pyridine rings is 1. The SMILES string of the molecule is Cc1ccc(-c2nc3cccnc3n2-c2ccccc2Cl)o1. The number of hydrogen-bond donors (Lipinski definition) is 0. The van der Waals surface area contributed by atoms with Crippen LogP contribution in [0.1, 0.15) is 5.76 Å². The van der Waals surface area contributed by atoms with Crippen LogP contribution >= 0.6 is 11.6 Å². The summed E-state index contributed by atoms with van der Waals surface area (Å²) in [6.45, 7) is 1.91. The van der Waals surface area contributed by atoms with Gasteiger partial charge in [-0.05, 0) is 43.3 Å². The quantitative estimate of drug-likeness (QED) is 0.541. The van der Waals surface area contributed by atoms with Gasteiger partial charge in [-0.25, -0.2) is 9.97 Å². The Balaban J connectivity index is 2.09. The largest absolute Gasteiger partial charge is 0.458 e. The number of aromatic nitrogens is 3. The van der Waals surface area contributed by atoms with Gasteiger partial charge in [0, 0.05) is 6.20 Å². The van der Waals surface area contributed by atoms with Crippen LogP contribution in [0.25, 0.3) is 28.4 Å². The third-order valence-electron chi connectivity index (χ3n) is 3.47. The van der Waals surface area contributed by atoms with Crippen molar-refractivity contribution in [1.82, 2.24) is 14.5 Å². The van der Waals surface area contributed by atoms with Crippen LogP contribution in [0.5, 0.6) is 0 Å². The number of halogens is 1. The van der Waals surface area contributed by atoms with Gasteiger partial charge in [0.2, 0.25) is 0 Å². The van der Waals surface area contributed by atoms with Gasteiger partial charge in [0.25, 0.3) is 0 Å². The van der Waals surface area contributed by atoms with E-state index in [-0.39, 0.29) is 0 Å². The Hall–Kier alpha value is -2.59. The smallest absolute Gasteiger partial charge is 0.183 e. The second kappa shape index (κ2) is 5.00. The molecule has 4 nitrogen and oxygen atoms in total. The molecule has 1 aromatic carbocycles. The van der Waals surface area contributed by atoms with Gasteiger partial charge in [-0.3, -0.25) is 4.57 Å². The van der Waals surface area contributed by atoms with E-state index in [1.54, 1.807) is 6.20 Å². The van der Waals surface area contributed by atoms with E-state index < -0.39 is 0 Å². The van der Waals surface area contributed by atoms with Crippen molar-refractivity contribution in [3.05, 3.63) is 65.5 Å². The minimum atomic E-state index is 0.636. The van der Waals surface area contributed by atoms with Crippen LogP contribution in [0, 0.1) is 6.92 Å². The fourth-order valence-corrected chi connectivity index (χ4v) is 2.71. The first-order valence-electron chi connectivity index (χ1n) is 6.89. The molecule has 22 heavy (non-hydrogen) atoms. The molecule has 0 N–H and O–H groups in total. The summed E-state index contributed by atoms with van der Waals surface area (Å²) in [5.41, 5.74) is 2.38. The van der Waals surface area contributed by atoms with E-state index in [4.69, 9.17) is 16.0 Å². The van der Waals surface area contributed by atoms with Crippen molar-refractivity contribution in [1.29, 1.82) is 0 Å². The van der Waals surface area contributed by atoms with Gasteiger partial charge in [0.05, 0.1) is 10.7 Å². The Morgan fingerprint density at radius 1 is 1.05 bits per heavy atom. The normalized spacial score (nSPS) is 11.2. The van der Waals surface area contributed by atoms with Gasteiger partial charge in [0.15, 0.2) is 17.2 Å². The second-order valence-electron chi connectivity index (χ2n) is 4.98. The van der Waals surface area contributed by atoms with E-state index in [0.717, 1.165) is 22.6 Å². The molecule has 0 spiro atoms. The second-order valence-corrected chi connectivity index (χ2v) is 5.39. The van der Waals surface area contributed by atoms with E-state index in [1.807, 2.05) is 60.0 Å². The number of fused-ring (bicyclic) bond motifs is 1. The number of nitrogens with zero attached hydrogens (tertiary/aromatic N) is 3. The molecule has 0 radical (unpaired) electrons. The summed E-state index contributed by atoms with van der Waals surface area (Å²) >= 11 is 6.37. The third-order valence-corrected chi connectivity index (χ3v) is 3.79. The van der Waals surface area contributed by atoms with Crippen LogP contribution < -0.4 is 0 Å². The summed E-state index contributed by atoms with van der Waals surface area (Å²) in [6.07, 6.45) is 1.74. The van der Waals surface area contributed by atoms with Gasteiger partial charge < -0.3 is 4.42 Å². The van der Waals surface area contributed by atoms with E-state index in [1.165, 1.54) is 0 Å². The highest BCUT2D eigenvalue weighted by molar-refractivity contribution is 6.32. The average molecular weight is 310 g/mol. The van der Waals surface area contributed by atoms with Crippen LogP contribution in [0.2, 0.25) is 5.02 Å². The summed E-state index contributed by atoms with van der Waals surface area (Å²) in [7, 11) is 0. The zero-order valence-corrected chi connectivity index (χ0v) is 12.6. The van der Waals surface area contributed by atoms with E-state index in [0.29, 0.717) is 16.6 Å². The first kappa shape index (κ1) is 13.1. The number of benzene rings is 1. The highest BCUT2D eigenvalue weighted by atomic mass is 35.5. The number of aryl methyl sites for hydroxylation is 1. The minimum Gasteiger partial charge on any atom is -0.458 e. The van der Waals surface area contributed by atoms with Gasteiger partial charge in [-0.2, -0.15) is 0 Å². The van der Waals surface area contributed by atoms with Gasteiger partial charge in [-0.15, -0.1) is 0 Å². The third kappa shape index (κ3) is 2.00. The summed E-state index contributed by atoms with van der Waals surface area (Å²) in [6, 6.07) is 15.2. The lowest BCUT2D eigenvalue weighted by Crippen LogP contribution is -1.98. The number of imidazole rings is 1. The molecule has 0 saturated heterocycles. The maximum absolute atomic E-state index is 6.37. The molecular weight excluding hydrogens is 298 g/mol. The van der Waals surface area contributed by atoms with Crippen molar-refractivity contribution >= 4 is 22.8 Å². The van der Waals surface area contributed by atoms with E-state index >= 15 is 0 Å². The summed E-state index contributed by atoms with van der Waals surface area (Å²) < 4.78 is 7.67. The monoisotopic (exact) mass is 309 g/mol. The summed E-state index contributed by atoms with van der Waals surface area (Å²) in [5.74, 6) is 2.21. The molecule has 0 saturated carbocycles. The van der Waals surface area contributed by atoms with Crippen molar-refractivity contribution in [3.8, 4) is 17.3 Å². The summed E-state index contributed by atoms with van der Waals surface area (Å²) in [5, 5.41) is 0.636. The molecule has 5 heteroatoms. The van der Waals surface area contributed by atoms with Crippen LogP contribution in [0.3, 0.4) is 0 Å². The Bertz CT molecular complexity index is 971. The van der Waals surface area contributed by atoms with Crippen LogP contribution in [-0.4, -0.2) is 14.5 Å². The number of furan rings is 1. The molecule has 0 fully saturated rings. The summed E-state index contributed by atoms with van der Waals surface area (Å²) in [4.78, 5) is 9.11. The standard InChI is InChI=1S/C17H12ClN3O/c1-11-8-9-15(22-11)17-20-13-6-4-10-19-16(13)21(17)14-7-3-2-5-12(14)18/h2-10H,1H3. The number of rotatable bonds is 2. The predicted octanol–water partition coefficient (Wildman–Crippen LogP) is 4.64. The lowest BCUT2D eigenvalue weighted by atomic mass is 10.3. The molecule has 0 unspecified atom stereocenters. The molecule has 0 aliphatic rings. The molecule has 0 atom stereocenters. The fraction of sp³-hybridized carbons (Fsp3) is 0.0588. The zero-order valence-electron chi connectivity index (χ0n) is 11.8. The van der Waals surface area contributed by atoms with Crippen molar-refractivity contribution in [2.75, 3.05) is 0 Å². The first-order valence-corrected chi connectivity index (χ1v) is 7.27. The molecule has 0 amide bonds. The molecule has 0 aliphatic carbocycles. The maximum atomic E-state index is 6.37. The van der Waals surface area contributed by atoms with Crippen molar-refractivity contribution in [2.45, 2.75) is 6.92 Å². The van der Waals surface area contributed by atoms with Gasteiger partial charge in [0.1, 0.15) is 11.3 Å².